The number of halogens is 3. The minimum absolute atomic E-state index is 0.0672. The third-order valence-electron chi connectivity index (χ3n) is 4.69. The number of hydrogen-bond acceptors (Lipinski definition) is 3. The molecule has 0 saturated heterocycles. The van der Waals surface area contributed by atoms with Crippen molar-refractivity contribution in [1.82, 2.24) is 5.32 Å². The van der Waals surface area contributed by atoms with Crippen molar-refractivity contribution in [3.63, 3.8) is 0 Å². The molecule has 1 aromatic rings. The monoisotopic (exact) mass is 359 g/mol. The van der Waals surface area contributed by atoms with E-state index in [4.69, 9.17) is 5.11 Å². The maximum absolute atomic E-state index is 12.3. The van der Waals surface area contributed by atoms with Crippen molar-refractivity contribution in [3.8, 4) is 5.75 Å². The molecule has 3 unspecified atom stereocenters. The Kier molecular flexibility index (Phi) is 5.29. The molecule has 25 heavy (non-hydrogen) atoms. The number of alkyl halides is 3. The highest BCUT2D eigenvalue weighted by Crippen LogP contribution is 2.54. The van der Waals surface area contributed by atoms with Crippen LogP contribution in [0.15, 0.2) is 24.3 Å². The van der Waals surface area contributed by atoms with E-state index in [1.165, 1.54) is 12.1 Å². The zero-order valence-electron chi connectivity index (χ0n) is 13.9. The Morgan fingerprint density at radius 3 is 2.40 bits per heavy atom. The van der Waals surface area contributed by atoms with Gasteiger partial charge in [0.2, 0.25) is 5.91 Å². The number of ether oxygens (including phenoxy) is 1. The summed E-state index contributed by atoms with van der Waals surface area (Å²) in [7, 11) is 0. The SMILES string of the molecule is CCC1(C)CC1C(=O)NC(CC(=O)O)c1ccc(OC(F)(F)F)cc1. The lowest BCUT2D eigenvalue weighted by Crippen LogP contribution is -2.32. The van der Waals surface area contributed by atoms with Crippen molar-refractivity contribution in [2.75, 3.05) is 0 Å². The van der Waals surface area contributed by atoms with Gasteiger partial charge in [0.25, 0.3) is 0 Å². The molecular weight excluding hydrogens is 339 g/mol. The molecular formula is C17H20F3NO4. The molecule has 8 heteroatoms. The predicted octanol–water partition coefficient (Wildman–Crippen LogP) is 3.65. The molecule has 1 fully saturated rings. The lowest BCUT2D eigenvalue weighted by atomic mass is 10.0. The zero-order valence-corrected chi connectivity index (χ0v) is 13.9. The van der Waals surface area contributed by atoms with Crippen LogP contribution in [-0.2, 0) is 9.59 Å². The van der Waals surface area contributed by atoms with E-state index in [2.05, 4.69) is 10.1 Å². The zero-order chi connectivity index (χ0) is 18.8. The highest BCUT2D eigenvalue weighted by Gasteiger charge is 2.53. The Balaban J connectivity index is 2.09. The average Bonchev–Trinajstić information content (AvgIpc) is 3.18. The minimum Gasteiger partial charge on any atom is -0.481 e. The van der Waals surface area contributed by atoms with Gasteiger partial charge in [-0.05, 0) is 36.0 Å². The van der Waals surface area contributed by atoms with Gasteiger partial charge in [-0.3, -0.25) is 9.59 Å². The Morgan fingerprint density at radius 2 is 1.96 bits per heavy atom. The second kappa shape index (κ2) is 6.93. The Bertz CT molecular complexity index is 644. The summed E-state index contributed by atoms with van der Waals surface area (Å²) < 4.78 is 40.4. The number of carbonyl (C=O) groups excluding carboxylic acids is 1. The lowest BCUT2D eigenvalue weighted by molar-refractivity contribution is -0.274. The van der Waals surface area contributed by atoms with Crippen molar-refractivity contribution in [2.45, 2.75) is 45.5 Å². The second-order valence-electron chi connectivity index (χ2n) is 6.54. The number of hydrogen-bond donors (Lipinski definition) is 2. The van der Waals surface area contributed by atoms with Gasteiger partial charge in [-0.2, -0.15) is 0 Å². The van der Waals surface area contributed by atoms with Gasteiger partial charge in [0.1, 0.15) is 5.75 Å². The first-order chi connectivity index (χ1) is 11.5. The molecule has 5 nitrogen and oxygen atoms in total. The topological polar surface area (TPSA) is 75.6 Å². The largest absolute Gasteiger partial charge is 0.573 e. The van der Waals surface area contributed by atoms with Crippen LogP contribution in [0.25, 0.3) is 0 Å². The summed E-state index contributed by atoms with van der Waals surface area (Å²) in [5.74, 6) is -1.92. The predicted molar refractivity (Wildman–Crippen MR) is 82.8 cm³/mol. The van der Waals surface area contributed by atoms with Gasteiger partial charge in [-0.1, -0.05) is 26.0 Å². The molecule has 0 aromatic heterocycles. The van der Waals surface area contributed by atoms with E-state index >= 15 is 0 Å². The van der Waals surface area contributed by atoms with Crippen LogP contribution in [0.1, 0.15) is 44.7 Å². The van der Waals surface area contributed by atoms with Crippen LogP contribution in [0.4, 0.5) is 13.2 Å². The highest BCUT2D eigenvalue weighted by molar-refractivity contribution is 5.83. The van der Waals surface area contributed by atoms with Crippen molar-refractivity contribution >= 4 is 11.9 Å². The molecule has 1 aromatic carbocycles. The van der Waals surface area contributed by atoms with Crippen LogP contribution < -0.4 is 10.1 Å². The number of benzene rings is 1. The van der Waals surface area contributed by atoms with E-state index in [-0.39, 0.29) is 23.7 Å². The van der Waals surface area contributed by atoms with Gasteiger partial charge >= 0.3 is 12.3 Å². The number of aliphatic carboxylic acids is 1. The van der Waals surface area contributed by atoms with Gasteiger partial charge in [0.05, 0.1) is 12.5 Å². The van der Waals surface area contributed by atoms with Crippen LogP contribution in [0.2, 0.25) is 0 Å². The van der Waals surface area contributed by atoms with Crippen molar-refractivity contribution < 1.29 is 32.6 Å². The molecule has 0 aliphatic heterocycles. The van der Waals surface area contributed by atoms with Crippen molar-refractivity contribution in [2.24, 2.45) is 11.3 Å². The molecule has 1 saturated carbocycles. The summed E-state index contributed by atoms with van der Waals surface area (Å²) in [4.78, 5) is 23.4. The molecule has 0 radical (unpaired) electrons. The van der Waals surface area contributed by atoms with E-state index < -0.39 is 24.1 Å². The molecule has 0 bridgehead atoms. The van der Waals surface area contributed by atoms with Gasteiger partial charge in [-0.15, -0.1) is 13.2 Å². The standard InChI is InChI=1S/C17H20F3NO4/c1-3-16(2)9-12(16)15(24)21-13(8-14(22)23)10-4-6-11(7-5-10)25-17(18,19)20/h4-7,12-13H,3,8-9H2,1-2H3,(H,21,24)(H,22,23). The minimum atomic E-state index is -4.80. The maximum Gasteiger partial charge on any atom is 0.573 e. The molecule has 138 valence electrons. The summed E-state index contributed by atoms with van der Waals surface area (Å²) >= 11 is 0. The maximum atomic E-state index is 12.3. The van der Waals surface area contributed by atoms with Crippen molar-refractivity contribution in [1.29, 1.82) is 0 Å². The number of carboxylic acids is 1. The van der Waals surface area contributed by atoms with E-state index in [9.17, 15) is 22.8 Å². The number of carboxylic acid groups (broad SMARTS) is 1. The number of rotatable bonds is 7. The quantitative estimate of drug-likeness (QED) is 0.779. The number of amides is 1. The molecule has 1 amide bonds. The second-order valence-corrected chi connectivity index (χ2v) is 6.54. The average molecular weight is 359 g/mol. The first-order valence-corrected chi connectivity index (χ1v) is 7.92. The fraction of sp³-hybridized carbons (Fsp3) is 0.529. The molecule has 3 atom stereocenters. The summed E-state index contributed by atoms with van der Waals surface area (Å²) in [6.45, 7) is 3.98. The summed E-state index contributed by atoms with van der Waals surface area (Å²) in [6.07, 6.45) is -3.57. The first kappa shape index (κ1) is 19.1. The van der Waals surface area contributed by atoms with Crippen molar-refractivity contribution in [3.05, 3.63) is 29.8 Å². The van der Waals surface area contributed by atoms with Crippen LogP contribution >= 0.6 is 0 Å². The van der Waals surface area contributed by atoms with E-state index in [0.29, 0.717) is 5.56 Å². The van der Waals surface area contributed by atoms with Gasteiger partial charge in [-0.25, -0.2) is 0 Å². The Hall–Kier alpha value is -2.25. The number of carbonyl (C=O) groups is 2. The van der Waals surface area contributed by atoms with Gasteiger partial charge < -0.3 is 15.2 Å². The lowest BCUT2D eigenvalue weighted by Gasteiger charge is -2.19. The molecule has 1 aliphatic carbocycles. The summed E-state index contributed by atoms with van der Waals surface area (Å²) in [6, 6.07) is 4.02. The van der Waals surface area contributed by atoms with E-state index in [1.807, 2.05) is 13.8 Å². The van der Waals surface area contributed by atoms with Crippen LogP contribution in [0.3, 0.4) is 0 Å². The third kappa shape index (κ3) is 5.11. The molecule has 2 N–H and O–H groups in total. The first-order valence-electron chi connectivity index (χ1n) is 7.92. The molecule has 1 aliphatic rings. The number of nitrogens with one attached hydrogen (secondary N) is 1. The smallest absolute Gasteiger partial charge is 0.481 e. The molecule has 2 rings (SSSR count). The highest BCUT2D eigenvalue weighted by atomic mass is 19.4. The Morgan fingerprint density at radius 1 is 1.36 bits per heavy atom. The molecule has 0 heterocycles. The van der Waals surface area contributed by atoms with Crippen LogP contribution in [0, 0.1) is 11.3 Å². The Labute approximate surface area is 143 Å². The normalized spacial score (nSPS) is 23.6. The van der Waals surface area contributed by atoms with Gasteiger partial charge in [0, 0.05) is 5.92 Å². The van der Waals surface area contributed by atoms with Crippen LogP contribution in [0.5, 0.6) is 5.75 Å². The summed E-state index contributed by atoms with van der Waals surface area (Å²) in [5, 5.41) is 11.7. The fourth-order valence-electron chi connectivity index (χ4n) is 2.81. The fourth-order valence-corrected chi connectivity index (χ4v) is 2.81. The van der Waals surface area contributed by atoms with Gasteiger partial charge in [0.15, 0.2) is 0 Å². The van der Waals surface area contributed by atoms with Crippen LogP contribution in [-0.4, -0.2) is 23.3 Å². The van der Waals surface area contributed by atoms with E-state index in [1.54, 1.807) is 0 Å². The third-order valence-corrected chi connectivity index (χ3v) is 4.69. The molecule has 0 spiro atoms. The summed E-state index contributed by atoms with van der Waals surface area (Å²) in [5.41, 5.74) is 0.339. The van der Waals surface area contributed by atoms with E-state index in [0.717, 1.165) is 25.0 Å².